The fourth-order valence-corrected chi connectivity index (χ4v) is 2.30. The molecule has 0 fully saturated rings. The SMILES string of the molecule is Cc1ccc(C2=NC(C)N=C(c3ccc(C)cc3)N2)cc1. The van der Waals surface area contributed by atoms with Crippen molar-refractivity contribution in [2.75, 3.05) is 0 Å². The highest BCUT2D eigenvalue weighted by Gasteiger charge is 2.16. The van der Waals surface area contributed by atoms with Gasteiger partial charge in [-0.05, 0) is 20.8 Å². The Hall–Kier alpha value is -2.42. The molecule has 106 valence electrons. The molecule has 0 amide bonds. The number of amidine groups is 2. The third-order valence-corrected chi connectivity index (χ3v) is 3.52. The summed E-state index contributed by atoms with van der Waals surface area (Å²) in [4.78, 5) is 9.19. The van der Waals surface area contributed by atoms with E-state index in [1.54, 1.807) is 0 Å². The number of aliphatic imine (C=N–C) groups is 2. The first kappa shape index (κ1) is 13.6. The fourth-order valence-electron chi connectivity index (χ4n) is 2.30. The van der Waals surface area contributed by atoms with Gasteiger partial charge in [-0.1, -0.05) is 59.7 Å². The molecule has 21 heavy (non-hydrogen) atoms. The van der Waals surface area contributed by atoms with Gasteiger partial charge in [0.25, 0.3) is 0 Å². The molecule has 3 heteroatoms. The highest BCUT2D eigenvalue weighted by atomic mass is 15.2. The lowest BCUT2D eigenvalue weighted by molar-refractivity contribution is 0.771. The maximum atomic E-state index is 4.59. The van der Waals surface area contributed by atoms with Crippen LogP contribution in [0.3, 0.4) is 0 Å². The molecule has 3 rings (SSSR count). The molecule has 0 spiro atoms. The van der Waals surface area contributed by atoms with Crippen LogP contribution >= 0.6 is 0 Å². The molecule has 2 aromatic rings. The van der Waals surface area contributed by atoms with Crippen LogP contribution in [0.1, 0.15) is 29.2 Å². The van der Waals surface area contributed by atoms with Gasteiger partial charge in [0.2, 0.25) is 0 Å². The Kier molecular flexibility index (Phi) is 3.57. The van der Waals surface area contributed by atoms with E-state index in [9.17, 15) is 0 Å². The summed E-state index contributed by atoms with van der Waals surface area (Å²) in [6.07, 6.45) is -0.0705. The largest absolute Gasteiger partial charge is 0.324 e. The summed E-state index contributed by atoms with van der Waals surface area (Å²) < 4.78 is 0. The van der Waals surface area contributed by atoms with Crippen LogP contribution in [0.4, 0.5) is 0 Å². The standard InChI is InChI=1S/C18H19N3/c1-12-4-8-15(9-5-12)17-19-14(3)20-18(21-17)16-10-6-13(2)7-11-16/h4-11,14H,1-3H3,(H,19,20,21). The first-order valence-corrected chi connectivity index (χ1v) is 7.18. The highest BCUT2D eigenvalue weighted by molar-refractivity contribution is 6.15. The van der Waals surface area contributed by atoms with Crippen molar-refractivity contribution >= 4 is 11.7 Å². The van der Waals surface area contributed by atoms with Crippen LogP contribution in [0.2, 0.25) is 0 Å². The minimum absolute atomic E-state index is 0.0705. The Bertz CT molecular complexity index is 633. The smallest absolute Gasteiger partial charge is 0.141 e. The van der Waals surface area contributed by atoms with Crippen molar-refractivity contribution in [1.82, 2.24) is 5.32 Å². The highest BCUT2D eigenvalue weighted by Crippen LogP contribution is 2.12. The Balaban J connectivity index is 1.89. The predicted octanol–water partition coefficient (Wildman–Crippen LogP) is 3.45. The topological polar surface area (TPSA) is 36.8 Å². The lowest BCUT2D eigenvalue weighted by Crippen LogP contribution is -2.37. The molecule has 0 aliphatic carbocycles. The van der Waals surface area contributed by atoms with Gasteiger partial charge >= 0.3 is 0 Å². The van der Waals surface area contributed by atoms with E-state index in [-0.39, 0.29) is 6.17 Å². The van der Waals surface area contributed by atoms with Crippen molar-refractivity contribution in [1.29, 1.82) is 0 Å². The van der Waals surface area contributed by atoms with Gasteiger partial charge in [-0.3, -0.25) is 0 Å². The second-order valence-electron chi connectivity index (χ2n) is 5.44. The fraction of sp³-hybridized carbons (Fsp3) is 0.222. The first-order chi connectivity index (χ1) is 10.1. The summed E-state index contributed by atoms with van der Waals surface area (Å²) in [6, 6.07) is 16.8. The normalized spacial score (nSPS) is 15.2. The van der Waals surface area contributed by atoms with Crippen molar-refractivity contribution in [3.63, 3.8) is 0 Å². The Morgan fingerprint density at radius 3 is 1.48 bits per heavy atom. The summed E-state index contributed by atoms with van der Waals surface area (Å²) in [5.41, 5.74) is 4.67. The van der Waals surface area contributed by atoms with E-state index < -0.39 is 0 Å². The molecule has 0 saturated heterocycles. The Labute approximate surface area is 125 Å². The van der Waals surface area contributed by atoms with E-state index >= 15 is 0 Å². The Morgan fingerprint density at radius 1 is 0.714 bits per heavy atom. The second-order valence-corrected chi connectivity index (χ2v) is 5.44. The second kappa shape index (κ2) is 5.52. The van der Waals surface area contributed by atoms with E-state index in [4.69, 9.17) is 0 Å². The van der Waals surface area contributed by atoms with Crippen LogP contribution in [-0.4, -0.2) is 17.8 Å². The third-order valence-electron chi connectivity index (χ3n) is 3.52. The summed E-state index contributed by atoms with van der Waals surface area (Å²) in [6.45, 7) is 6.17. The minimum atomic E-state index is -0.0705. The maximum Gasteiger partial charge on any atom is 0.141 e. The third kappa shape index (κ3) is 3.02. The summed E-state index contributed by atoms with van der Waals surface area (Å²) in [5, 5.41) is 3.36. The van der Waals surface area contributed by atoms with Crippen molar-refractivity contribution in [2.45, 2.75) is 26.9 Å². The van der Waals surface area contributed by atoms with Crippen molar-refractivity contribution < 1.29 is 0 Å². The molecule has 0 atom stereocenters. The number of hydrogen-bond donors (Lipinski definition) is 1. The molecule has 0 aromatic heterocycles. The predicted molar refractivity (Wildman–Crippen MR) is 88.0 cm³/mol. The van der Waals surface area contributed by atoms with E-state index in [1.165, 1.54) is 11.1 Å². The number of benzene rings is 2. The van der Waals surface area contributed by atoms with E-state index in [2.05, 4.69) is 77.7 Å². The first-order valence-electron chi connectivity index (χ1n) is 7.18. The van der Waals surface area contributed by atoms with Crippen molar-refractivity contribution in [3.8, 4) is 0 Å². The zero-order valence-electron chi connectivity index (χ0n) is 12.6. The van der Waals surface area contributed by atoms with E-state index in [0.717, 1.165) is 22.8 Å². The van der Waals surface area contributed by atoms with Crippen LogP contribution < -0.4 is 5.32 Å². The molecule has 0 bridgehead atoms. The molecule has 3 nitrogen and oxygen atoms in total. The lowest BCUT2D eigenvalue weighted by Gasteiger charge is -2.20. The van der Waals surface area contributed by atoms with Gasteiger partial charge in [-0.25, -0.2) is 9.98 Å². The molecule has 0 saturated carbocycles. The zero-order chi connectivity index (χ0) is 14.8. The number of hydrogen-bond acceptors (Lipinski definition) is 3. The average Bonchev–Trinajstić information content (AvgIpc) is 2.48. The van der Waals surface area contributed by atoms with Gasteiger partial charge < -0.3 is 5.32 Å². The van der Waals surface area contributed by atoms with Gasteiger partial charge in [-0.15, -0.1) is 0 Å². The van der Waals surface area contributed by atoms with Gasteiger partial charge in [0.05, 0.1) is 0 Å². The molecule has 0 radical (unpaired) electrons. The van der Waals surface area contributed by atoms with Gasteiger partial charge in [0, 0.05) is 11.1 Å². The van der Waals surface area contributed by atoms with Crippen molar-refractivity contribution in [3.05, 3.63) is 70.8 Å². The van der Waals surface area contributed by atoms with Crippen LogP contribution in [0, 0.1) is 13.8 Å². The number of aryl methyl sites for hydroxylation is 2. The van der Waals surface area contributed by atoms with Gasteiger partial charge in [-0.2, -0.15) is 0 Å². The summed E-state index contributed by atoms with van der Waals surface area (Å²) in [5.74, 6) is 1.76. The molecule has 1 N–H and O–H groups in total. The lowest BCUT2D eigenvalue weighted by atomic mass is 10.1. The van der Waals surface area contributed by atoms with Gasteiger partial charge in [0.15, 0.2) is 0 Å². The molecule has 1 aliphatic heterocycles. The molecule has 1 aliphatic rings. The van der Waals surface area contributed by atoms with Gasteiger partial charge in [0.1, 0.15) is 17.8 Å². The Morgan fingerprint density at radius 2 is 1.10 bits per heavy atom. The number of nitrogens with one attached hydrogen (secondary N) is 1. The van der Waals surface area contributed by atoms with Crippen LogP contribution in [0.5, 0.6) is 0 Å². The molecular weight excluding hydrogens is 258 g/mol. The van der Waals surface area contributed by atoms with E-state index in [0.29, 0.717) is 0 Å². The van der Waals surface area contributed by atoms with Crippen LogP contribution in [-0.2, 0) is 0 Å². The zero-order valence-corrected chi connectivity index (χ0v) is 12.6. The average molecular weight is 277 g/mol. The minimum Gasteiger partial charge on any atom is -0.324 e. The van der Waals surface area contributed by atoms with Crippen molar-refractivity contribution in [2.24, 2.45) is 9.98 Å². The summed E-state index contributed by atoms with van der Waals surface area (Å²) in [7, 11) is 0. The number of rotatable bonds is 2. The molecule has 1 heterocycles. The van der Waals surface area contributed by atoms with Crippen LogP contribution in [0.25, 0.3) is 0 Å². The molecule has 0 unspecified atom stereocenters. The molecular formula is C18H19N3. The van der Waals surface area contributed by atoms with E-state index in [1.807, 2.05) is 6.92 Å². The monoisotopic (exact) mass is 277 g/mol. The van der Waals surface area contributed by atoms with Crippen LogP contribution in [0.15, 0.2) is 58.5 Å². The maximum absolute atomic E-state index is 4.59. The number of nitrogens with zero attached hydrogens (tertiary/aromatic N) is 2. The summed E-state index contributed by atoms with van der Waals surface area (Å²) >= 11 is 0. The quantitative estimate of drug-likeness (QED) is 0.897. The molecule has 2 aromatic carbocycles.